The molecule has 52 valence electrons. The van der Waals surface area contributed by atoms with Gasteiger partial charge in [-0.1, -0.05) is 15.9 Å². The second-order valence-corrected chi connectivity index (χ2v) is 2.80. The second kappa shape index (κ2) is 4.04. The van der Waals surface area contributed by atoms with Gasteiger partial charge in [-0.3, -0.25) is 0 Å². The maximum absolute atomic E-state index is 9.77. The molecule has 2 nitrogen and oxygen atoms in total. The summed E-state index contributed by atoms with van der Waals surface area (Å²) >= 11 is 8.66. The molecule has 1 atom stereocenters. The average molecular weight is 212 g/mol. The van der Waals surface area contributed by atoms with Crippen molar-refractivity contribution in [1.82, 2.24) is 0 Å². The van der Waals surface area contributed by atoms with Gasteiger partial charge in [0.2, 0.25) is 6.08 Å². The van der Waals surface area contributed by atoms with Gasteiger partial charge in [0.25, 0.3) is 0 Å². The fourth-order valence-corrected chi connectivity index (χ4v) is 0.912. The molecule has 4 heteroatoms. The lowest BCUT2D eigenvalue weighted by atomic mass is 10.1. The minimum atomic E-state index is -0.483. The van der Waals surface area contributed by atoms with E-state index in [-0.39, 0.29) is 0 Å². The van der Waals surface area contributed by atoms with Crippen molar-refractivity contribution in [3.8, 4) is 0 Å². The first-order valence-corrected chi connectivity index (χ1v) is 4.05. The largest absolute Gasteiger partial charge is 0.235 e. The molecule has 9 heavy (non-hydrogen) atoms. The molecule has 0 aromatic carbocycles. The van der Waals surface area contributed by atoms with Crippen molar-refractivity contribution >= 4 is 33.6 Å². The third-order valence-corrected chi connectivity index (χ3v) is 2.68. The molecule has 0 aromatic heterocycles. The Hall–Kier alpha value is 0.150. The van der Waals surface area contributed by atoms with Crippen molar-refractivity contribution in [2.75, 3.05) is 11.2 Å². The smallest absolute Gasteiger partial charge is 0.211 e. The van der Waals surface area contributed by atoms with Gasteiger partial charge < -0.3 is 0 Å². The summed E-state index contributed by atoms with van der Waals surface area (Å²) in [5.74, 6) is 0.327. The lowest BCUT2D eigenvalue weighted by Gasteiger charge is -2.14. The molecular formula is C5H7BrClNO. The number of nitrogens with zero attached hydrogens (tertiary/aromatic N) is 1. The van der Waals surface area contributed by atoms with Crippen LogP contribution >= 0.6 is 27.5 Å². The Morgan fingerprint density at radius 1 is 1.89 bits per heavy atom. The highest BCUT2D eigenvalue weighted by Crippen LogP contribution is 2.14. The molecule has 0 spiro atoms. The molecule has 0 amide bonds. The number of rotatable bonds is 3. The number of isocyanates is 1. The van der Waals surface area contributed by atoms with Crippen molar-refractivity contribution in [3.05, 3.63) is 0 Å². The van der Waals surface area contributed by atoms with E-state index in [1.807, 2.05) is 0 Å². The maximum Gasteiger partial charge on any atom is 0.235 e. The minimum absolute atomic E-state index is 0.327. The number of hydrogen-bond donors (Lipinski definition) is 0. The third-order valence-electron chi connectivity index (χ3n) is 0.891. The molecule has 0 fully saturated rings. The van der Waals surface area contributed by atoms with E-state index in [1.165, 1.54) is 6.08 Å². The first kappa shape index (κ1) is 9.15. The Balaban J connectivity index is 4.08. The van der Waals surface area contributed by atoms with Crippen molar-refractivity contribution in [2.45, 2.75) is 12.5 Å². The fourth-order valence-electron chi connectivity index (χ4n) is 0.206. The highest BCUT2D eigenvalue weighted by molar-refractivity contribution is 9.09. The van der Waals surface area contributed by atoms with Gasteiger partial charge >= 0.3 is 0 Å². The molecule has 0 aliphatic carbocycles. The van der Waals surface area contributed by atoms with E-state index >= 15 is 0 Å². The van der Waals surface area contributed by atoms with E-state index in [0.717, 1.165) is 0 Å². The molecule has 0 rings (SSSR count). The van der Waals surface area contributed by atoms with Gasteiger partial charge in [0.1, 0.15) is 0 Å². The van der Waals surface area contributed by atoms with Crippen LogP contribution < -0.4 is 0 Å². The summed E-state index contributed by atoms with van der Waals surface area (Å²) in [5, 5.41) is 0.582. The van der Waals surface area contributed by atoms with Gasteiger partial charge in [-0.15, -0.1) is 11.6 Å². The van der Waals surface area contributed by atoms with Crippen LogP contribution in [0.15, 0.2) is 4.99 Å². The van der Waals surface area contributed by atoms with Gasteiger partial charge in [-0.05, 0) is 6.92 Å². The highest BCUT2D eigenvalue weighted by atomic mass is 79.9. The quantitative estimate of drug-likeness (QED) is 0.398. The van der Waals surface area contributed by atoms with Gasteiger partial charge in [0.15, 0.2) is 0 Å². The molecule has 0 bridgehead atoms. The van der Waals surface area contributed by atoms with Crippen LogP contribution in [0.5, 0.6) is 0 Å². The van der Waals surface area contributed by atoms with Crippen LogP contribution in [0.25, 0.3) is 0 Å². The maximum atomic E-state index is 9.77. The first-order valence-electron chi connectivity index (χ1n) is 2.39. The third kappa shape index (κ3) is 2.99. The standard InChI is InChI=1S/C5H7BrClNO/c1-5(2-6,3-7)8-4-9/h2-3H2,1H3. The van der Waals surface area contributed by atoms with E-state index in [9.17, 15) is 4.79 Å². The highest BCUT2D eigenvalue weighted by Gasteiger charge is 2.19. The molecule has 0 saturated carbocycles. The number of alkyl halides is 2. The number of carbonyl (C=O) groups excluding carboxylic acids is 1. The van der Waals surface area contributed by atoms with Crippen LogP contribution in [-0.4, -0.2) is 22.8 Å². The van der Waals surface area contributed by atoms with Crippen LogP contribution in [0, 0.1) is 0 Å². The first-order chi connectivity index (χ1) is 4.18. The zero-order valence-electron chi connectivity index (χ0n) is 5.03. The molecule has 0 radical (unpaired) electrons. The Morgan fingerprint density at radius 3 is 2.56 bits per heavy atom. The lowest BCUT2D eigenvalue weighted by molar-refractivity contribution is 0.541. The summed E-state index contributed by atoms with van der Waals surface area (Å²) < 4.78 is 0. The summed E-state index contributed by atoms with van der Waals surface area (Å²) in [5.41, 5.74) is -0.483. The van der Waals surface area contributed by atoms with E-state index in [2.05, 4.69) is 20.9 Å². The molecule has 0 saturated heterocycles. The van der Waals surface area contributed by atoms with Crippen molar-refractivity contribution in [1.29, 1.82) is 0 Å². The summed E-state index contributed by atoms with van der Waals surface area (Å²) in [4.78, 5) is 13.3. The van der Waals surface area contributed by atoms with Crippen LogP contribution in [0.1, 0.15) is 6.92 Å². The minimum Gasteiger partial charge on any atom is -0.211 e. The monoisotopic (exact) mass is 211 g/mol. The van der Waals surface area contributed by atoms with Crippen LogP contribution in [0.2, 0.25) is 0 Å². The predicted octanol–water partition coefficient (Wildman–Crippen LogP) is 1.71. The summed E-state index contributed by atoms with van der Waals surface area (Å²) in [6, 6.07) is 0. The molecule has 1 unspecified atom stereocenters. The second-order valence-electron chi connectivity index (χ2n) is 1.97. The van der Waals surface area contributed by atoms with Gasteiger partial charge in [-0.2, -0.15) is 4.99 Å². The number of hydrogen-bond acceptors (Lipinski definition) is 2. The van der Waals surface area contributed by atoms with Gasteiger partial charge in [0.05, 0.1) is 5.54 Å². The van der Waals surface area contributed by atoms with Crippen LogP contribution in [-0.2, 0) is 4.79 Å². The Bertz CT molecular complexity index is 129. The summed E-state index contributed by atoms with van der Waals surface area (Å²) in [6.07, 6.45) is 1.47. The van der Waals surface area contributed by atoms with Crippen molar-refractivity contribution in [2.24, 2.45) is 4.99 Å². The van der Waals surface area contributed by atoms with Gasteiger partial charge in [0, 0.05) is 11.2 Å². The molecule has 0 aliphatic rings. The topological polar surface area (TPSA) is 29.4 Å². The Morgan fingerprint density at radius 2 is 2.44 bits per heavy atom. The van der Waals surface area contributed by atoms with Gasteiger partial charge in [-0.25, -0.2) is 4.79 Å². The fraction of sp³-hybridized carbons (Fsp3) is 0.800. The zero-order valence-corrected chi connectivity index (χ0v) is 7.37. The predicted molar refractivity (Wildman–Crippen MR) is 41.0 cm³/mol. The average Bonchev–Trinajstić information content (AvgIpc) is 1.89. The van der Waals surface area contributed by atoms with Crippen LogP contribution in [0.4, 0.5) is 0 Å². The molecular weight excluding hydrogens is 205 g/mol. The Kier molecular flexibility index (Phi) is 4.11. The SMILES string of the molecule is CC(CCl)(CBr)N=C=O. The molecule has 0 aromatic rings. The molecule has 0 heterocycles. The van der Waals surface area contributed by atoms with E-state index in [0.29, 0.717) is 11.2 Å². The summed E-state index contributed by atoms with van der Waals surface area (Å²) in [6.45, 7) is 1.78. The number of halogens is 2. The zero-order chi connectivity index (χ0) is 7.33. The van der Waals surface area contributed by atoms with E-state index < -0.39 is 5.54 Å². The lowest BCUT2D eigenvalue weighted by Crippen LogP contribution is -2.25. The summed E-state index contributed by atoms with van der Waals surface area (Å²) in [7, 11) is 0. The van der Waals surface area contributed by atoms with Crippen LogP contribution in [0.3, 0.4) is 0 Å². The normalized spacial score (nSPS) is 15.9. The van der Waals surface area contributed by atoms with Crippen molar-refractivity contribution < 1.29 is 4.79 Å². The molecule has 0 aliphatic heterocycles. The van der Waals surface area contributed by atoms with E-state index in [1.54, 1.807) is 6.92 Å². The van der Waals surface area contributed by atoms with Crippen molar-refractivity contribution in [3.63, 3.8) is 0 Å². The van der Waals surface area contributed by atoms with E-state index in [4.69, 9.17) is 11.6 Å². The number of aliphatic imine (C=N–C) groups is 1. The molecule has 0 N–H and O–H groups in total. The Labute approximate surface area is 67.4 Å².